The summed E-state index contributed by atoms with van der Waals surface area (Å²) in [6, 6.07) is 6.52. The van der Waals surface area contributed by atoms with E-state index in [1.165, 1.54) is 12.1 Å². The van der Waals surface area contributed by atoms with E-state index in [9.17, 15) is 4.39 Å². The van der Waals surface area contributed by atoms with Crippen molar-refractivity contribution in [2.24, 2.45) is 5.92 Å². The molecule has 0 aliphatic carbocycles. The average Bonchev–Trinajstić information content (AvgIpc) is 2.49. The van der Waals surface area contributed by atoms with E-state index in [0.29, 0.717) is 0 Å². The third kappa shape index (κ3) is 3.21. The Kier molecular flexibility index (Phi) is 3.69. The number of aromatic amines is 1. The summed E-state index contributed by atoms with van der Waals surface area (Å²) in [4.78, 5) is 2.98. The minimum atomic E-state index is -0.188. The molecule has 0 saturated heterocycles. The van der Waals surface area contributed by atoms with Crippen molar-refractivity contribution >= 4 is 10.9 Å². The molecule has 1 aromatic heterocycles. The summed E-state index contributed by atoms with van der Waals surface area (Å²) in [5, 5.41) is 0.917. The smallest absolute Gasteiger partial charge is 0.123 e. The lowest BCUT2D eigenvalue weighted by atomic mass is 10.2. The maximum atomic E-state index is 12.5. The fourth-order valence-corrected chi connectivity index (χ4v) is 1.02. The number of rotatable bonds is 0. The van der Waals surface area contributed by atoms with Crippen LogP contribution in [0.5, 0.6) is 0 Å². The fraction of sp³-hybridized carbons (Fsp3) is 0.333. The predicted molar refractivity (Wildman–Crippen MR) is 58.8 cm³/mol. The zero-order valence-corrected chi connectivity index (χ0v) is 8.84. The van der Waals surface area contributed by atoms with E-state index in [1.54, 1.807) is 12.3 Å². The van der Waals surface area contributed by atoms with Crippen LogP contribution in [-0.4, -0.2) is 4.98 Å². The van der Waals surface area contributed by atoms with Crippen LogP contribution >= 0.6 is 0 Å². The van der Waals surface area contributed by atoms with Crippen LogP contribution in [0.2, 0.25) is 0 Å². The van der Waals surface area contributed by atoms with Crippen molar-refractivity contribution in [1.82, 2.24) is 4.98 Å². The summed E-state index contributed by atoms with van der Waals surface area (Å²) < 4.78 is 12.5. The fourth-order valence-electron chi connectivity index (χ4n) is 1.02. The minimum absolute atomic E-state index is 0.188. The van der Waals surface area contributed by atoms with Crippen molar-refractivity contribution in [3.05, 3.63) is 36.3 Å². The molecule has 2 rings (SSSR count). The highest BCUT2D eigenvalue weighted by Gasteiger charge is 1.93. The van der Waals surface area contributed by atoms with Crippen molar-refractivity contribution in [2.75, 3.05) is 0 Å². The van der Waals surface area contributed by atoms with Crippen molar-refractivity contribution in [3.8, 4) is 0 Å². The van der Waals surface area contributed by atoms with Gasteiger partial charge >= 0.3 is 0 Å². The highest BCUT2D eigenvalue weighted by Crippen LogP contribution is 2.12. The third-order valence-corrected chi connectivity index (χ3v) is 1.52. The first-order valence-electron chi connectivity index (χ1n) is 4.82. The average molecular weight is 193 g/mol. The number of benzene rings is 1. The number of H-pyrrole nitrogens is 1. The highest BCUT2D eigenvalue weighted by atomic mass is 19.1. The first-order valence-corrected chi connectivity index (χ1v) is 4.82. The normalized spacial score (nSPS) is 10.1. The largest absolute Gasteiger partial charge is 0.361 e. The summed E-state index contributed by atoms with van der Waals surface area (Å²) >= 11 is 0. The summed E-state index contributed by atoms with van der Waals surface area (Å²) in [5.41, 5.74) is 0.974. The van der Waals surface area contributed by atoms with Gasteiger partial charge in [0.15, 0.2) is 0 Å². The molecule has 76 valence electrons. The zero-order chi connectivity index (χ0) is 10.6. The van der Waals surface area contributed by atoms with Gasteiger partial charge in [-0.05, 0) is 30.2 Å². The molecule has 0 bridgehead atoms. The van der Waals surface area contributed by atoms with E-state index in [1.807, 2.05) is 6.07 Å². The molecular weight excluding hydrogens is 177 g/mol. The molecule has 1 heterocycles. The molecule has 0 amide bonds. The van der Waals surface area contributed by atoms with Crippen molar-refractivity contribution in [2.45, 2.75) is 20.8 Å². The van der Waals surface area contributed by atoms with Gasteiger partial charge in [-0.3, -0.25) is 0 Å². The zero-order valence-electron chi connectivity index (χ0n) is 8.84. The Morgan fingerprint density at radius 1 is 1.14 bits per heavy atom. The Morgan fingerprint density at radius 3 is 2.43 bits per heavy atom. The standard InChI is InChI=1S/C8H6FN.C4H10/c9-7-1-2-8-6(5-7)3-4-10-8;1-4(2)3/h1-5,10H;4H,1-3H3. The van der Waals surface area contributed by atoms with Gasteiger partial charge in [0.05, 0.1) is 0 Å². The summed E-state index contributed by atoms with van der Waals surface area (Å²) in [6.45, 7) is 6.50. The van der Waals surface area contributed by atoms with Crippen molar-refractivity contribution < 1.29 is 4.39 Å². The van der Waals surface area contributed by atoms with Crippen LogP contribution in [0.3, 0.4) is 0 Å². The van der Waals surface area contributed by atoms with Crippen LogP contribution in [0.4, 0.5) is 4.39 Å². The predicted octanol–water partition coefficient (Wildman–Crippen LogP) is 3.97. The van der Waals surface area contributed by atoms with Crippen LogP contribution in [0, 0.1) is 11.7 Å². The van der Waals surface area contributed by atoms with Gasteiger partial charge in [-0.15, -0.1) is 0 Å². The lowest BCUT2D eigenvalue weighted by Crippen LogP contribution is -1.70. The summed E-state index contributed by atoms with van der Waals surface area (Å²) in [7, 11) is 0. The number of aromatic nitrogens is 1. The molecule has 0 unspecified atom stereocenters. The number of fused-ring (bicyclic) bond motifs is 1. The van der Waals surface area contributed by atoms with Crippen molar-refractivity contribution in [3.63, 3.8) is 0 Å². The number of hydrogen-bond donors (Lipinski definition) is 1. The van der Waals surface area contributed by atoms with Gasteiger partial charge in [-0.2, -0.15) is 0 Å². The summed E-state index contributed by atoms with van der Waals surface area (Å²) in [5.74, 6) is 0.645. The lowest BCUT2D eigenvalue weighted by molar-refractivity contribution is 0.630. The maximum Gasteiger partial charge on any atom is 0.123 e. The van der Waals surface area contributed by atoms with Gasteiger partial charge in [-0.25, -0.2) is 4.39 Å². The van der Waals surface area contributed by atoms with Gasteiger partial charge in [0.25, 0.3) is 0 Å². The molecule has 0 aliphatic heterocycles. The molecule has 0 spiro atoms. The van der Waals surface area contributed by atoms with E-state index in [-0.39, 0.29) is 5.82 Å². The van der Waals surface area contributed by atoms with Crippen LogP contribution in [0.25, 0.3) is 10.9 Å². The van der Waals surface area contributed by atoms with Gasteiger partial charge in [0.1, 0.15) is 5.82 Å². The Hall–Kier alpha value is -1.31. The first-order chi connectivity index (χ1) is 6.59. The van der Waals surface area contributed by atoms with Crippen LogP contribution < -0.4 is 0 Å². The second-order valence-corrected chi connectivity index (χ2v) is 3.94. The van der Waals surface area contributed by atoms with Crippen molar-refractivity contribution in [1.29, 1.82) is 0 Å². The molecule has 0 aliphatic rings. The Bertz CT molecular complexity index is 387. The molecule has 1 nitrogen and oxygen atoms in total. The monoisotopic (exact) mass is 193 g/mol. The van der Waals surface area contributed by atoms with E-state index >= 15 is 0 Å². The summed E-state index contributed by atoms with van der Waals surface area (Å²) in [6.07, 6.45) is 1.80. The second-order valence-electron chi connectivity index (χ2n) is 3.94. The SMILES string of the molecule is CC(C)C.Fc1ccc2[nH]ccc2c1. The van der Waals surface area contributed by atoms with E-state index in [4.69, 9.17) is 0 Å². The molecule has 2 heteroatoms. The molecular formula is C12H16FN. The lowest BCUT2D eigenvalue weighted by Gasteiger charge is -1.87. The molecule has 0 radical (unpaired) electrons. The molecule has 1 aromatic carbocycles. The van der Waals surface area contributed by atoms with Gasteiger partial charge < -0.3 is 4.98 Å². The molecule has 1 N–H and O–H groups in total. The minimum Gasteiger partial charge on any atom is -0.361 e. The molecule has 14 heavy (non-hydrogen) atoms. The third-order valence-electron chi connectivity index (χ3n) is 1.52. The maximum absolute atomic E-state index is 12.5. The van der Waals surface area contributed by atoms with Crippen LogP contribution in [0.1, 0.15) is 20.8 Å². The number of hydrogen-bond acceptors (Lipinski definition) is 0. The number of halogens is 1. The van der Waals surface area contributed by atoms with E-state index in [0.717, 1.165) is 16.8 Å². The van der Waals surface area contributed by atoms with Crippen LogP contribution in [0.15, 0.2) is 30.5 Å². The molecule has 0 atom stereocenters. The Morgan fingerprint density at radius 2 is 1.79 bits per heavy atom. The first kappa shape index (κ1) is 10.8. The molecule has 2 aromatic rings. The molecule has 0 saturated carbocycles. The van der Waals surface area contributed by atoms with Gasteiger partial charge in [-0.1, -0.05) is 20.8 Å². The second kappa shape index (κ2) is 4.80. The Balaban J connectivity index is 0.000000213. The Labute approximate surface area is 84.0 Å². The quantitative estimate of drug-likeness (QED) is 0.651. The highest BCUT2D eigenvalue weighted by molar-refractivity contribution is 5.78. The van der Waals surface area contributed by atoms with Gasteiger partial charge in [0.2, 0.25) is 0 Å². The topological polar surface area (TPSA) is 15.8 Å². The number of nitrogens with one attached hydrogen (secondary N) is 1. The van der Waals surface area contributed by atoms with E-state index in [2.05, 4.69) is 25.8 Å². The van der Waals surface area contributed by atoms with Crippen LogP contribution in [-0.2, 0) is 0 Å². The molecule has 0 fully saturated rings. The van der Waals surface area contributed by atoms with E-state index < -0.39 is 0 Å². The van der Waals surface area contributed by atoms with Gasteiger partial charge in [0, 0.05) is 17.1 Å².